The molecule has 0 unspecified atom stereocenters. The molecule has 122 valence electrons. The molecule has 23 heavy (non-hydrogen) atoms. The number of aromatic amines is 1. The van der Waals surface area contributed by atoms with Crippen molar-refractivity contribution < 1.29 is 13.9 Å². The summed E-state index contributed by atoms with van der Waals surface area (Å²) in [5.74, 6) is 0.314. The second-order valence-corrected chi connectivity index (χ2v) is 5.91. The summed E-state index contributed by atoms with van der Waals surface area (Å²) >= 11 is 4.85. The predicted octanol–water partition coefficient (Wildman–Crippen LogP) is 3.09. The van der Waals surface area contributed by atoms with Crippen molar-refractivity contribution in [2.45, 2.75) is 38.3 Å². The summed E-state index contributed by atoms with van der Waals surface area (Å²) in [4.78, 5) is 12.6. The first-order chi connectivity index (χ1) is 11.2. The topological polar surface area (TPSA) is 80.2 Å². The molecule has 0 spiro atoms. The van der Waals surface area contributed by atoms with E-state index >= 15 is 0 Å². The zero-order valence-electron chi connectivity index (χ0n) is 12.9. The molecule has 0 saturated carbocycles. The Morgan fingerprint density at radius 1 is 1.48 bits per heavy atom. The van der Waals surface area contributed by atoms with E-state index in [2.05, 4.69) is 22.4 Å². The number of carbonyl (C=O) groups is 1. The van der Waals surface area contributed by atoms with Gasteiger partial charge in [0.25, 0.3) is 10.7 Å². The summed E-state index contributed by atoms with van der Waals surface area (Å²) in [5.41, 5.74) is 1.36. The highest BCUT2D eigenvalue weighted by Gasteiger charge is 2.26. The lowest BCUT2D eigenvalue weighted by molar-refractivity contribution is 0.0665. The van der Waals surface area contributed by atoms with Crippen LogP contribution >= 0.6 is 12.2 Å². The Morgan fingerprint density at radius 3 is 2.83 bits per heavy atom. The summed E-state index contributed by atoms with van der Waals surface area (Å²) in [5, 5.41) is 9.60. The van der Waals surface area contributed by atoms with Gasteiger partial charge in [0, 0.05) is 17.7 Å². The molecule has 1 aromatic carbocycles. The Kier molecular flexibility index (Phi) is 4.88. The van der Waals surface area contributed by atoms with E-state index in [1.165, 1.54) is 0 Å². The quantitative estimate of drug-likeness (QED) is 0.822. The predicted molar refractivity (Wildman–Crippen MR) is 87.6 cm³/mol. The van der Waals surface area contributed by atoms with E-state index in [1.807, 2.05) is 0 Å². The number of nitrogens with zero attached hydrogens (tertiary/aromatic N) is 1. The maximum Gasteiger partial charge on any atom is 0.284 e. The normalized spacial score (nSPS) is 18.7. The smallest absolute Gasteiger partial charge is 0.284 e. The van der Waals surface area contributed by atoms with E-state index in [9.17, 15) is 4.79 Å². The Labute approximate surface area is 139 Å². The van der Waals surface area contributed by atoms with E-state index in [0.29, 0.717) is 11.5 Å². The molecule has 1 amide bonds. The molecule has 2 atom stereocenters. The third-order valence-corrected chi connectivity index (χ3v) is 4.18. The number of nitrogens with one attached hydrogen (secondary N) is 2. The third kappa shape index (κ3) is 3.68. The highest BCUT2D eigenvalue weighted by molar-refractivity contribution is 7.71. The van der Waals surface area contributed by atoms with Crippen molar-refractivity contribution >= 4 is 18.1 Å². The monoisotopic (exact) mass is 333 g/mol. The van der Waals surface area contributed by atoms with Crippen LogP contribution in [0, 0.1) is 4.84 Å². The van der Waals surface area contributed by atoms with Crippen molar-refractivity contribution in [3.05, 3.63) is 34.7 Å². The standard InChI is InChI=1S/C16H19N3O3S/c1-2-12(13-4-3-9-21-13)17-14(20)10-5-7-11(8-6-10)15-18-19-16(23)22-15/h5-8,12-13H,2-4,9H2,1H3,(H,17,20)(H,19,23)/t12-,13+/m0/s1. The molecule has 0 bridgehead atoms. The maximum atomic E-state index is 12.4. The van der Waals surface area contributed by atoms with Crippen molar-refractivity contribution in [3.8, 4) is 11.5 Å². The summed E-state index contributed by atoms with van der Waals surface area (Å²) in [7, 11) is 0. The summed E-state index contributed by atoms with van der Waals surface area (Å²) < 4.78 is 10.9. The molecule has 2 heterocycles. The zero-order chi connectivity index (χ0) is 16.2. The molecule has 0 aliphatic carbocycles. The Hall–Kier alpha value is -1.99. The van der Waals surface area contributed by atoms with E-state index in [1.54, 1.807) is 24.3 Å². The van der Waals surface area contributed by atoms with Crippen molar-refractivity contribution in [2.75, 3.05) is 6.61 Å². The maximum absolute atomic E-state index is 12.4. The van der Waals surface area contributed by atoms with Crippen LogP contribution < -0.4 is 5.32 Å². The number of ether oxygens (including phenoxy) is 1. The van der Waals surface area contributed by atoms with E-state index < -0.39 is 0 Å². The van der Waals surface area contributed by atoms with Crippen LogP contribution in [0.1, 0.15) is 36.5 Å². The van der Waals surface area contributed by atoms with Gasteiger partial charge in [0.1, 0.15) is 0 Å². The molecule has 7 heteroatoms. The molecule has 1 aromatic heterocycles. The highest BCUT2D eigenvalue weighted by Crippen LogP contribution is 2.19. The van der Waals surface area contributed by atoms with Crippen LogP contribution in [-0.4, -0.2) is 34.9 Å². The second kappa shape index (κ2) is 7.06. The number of H-pyrrole nitrogens is 1. The Balaban J connectivity index is 1.68. The lowest BCUT2D eigenvalue weighted by atomic mass is 10.0. The summed E-state index contributed by atoms with van der Waals surface area (Å²) in [6.07, 6.45) is 3.03. The number of aromatic nitrogens is 2. The number of benzene rings is 1. The fraction of sp³-hybridized carbons (Fsp3) is 0.438. The van der Waals surface area contributed by atoms with Crippen molar-refractivity contribution in [1.82, 2.24) is 15.5 Å². The second-order valence-electron chi connectivity index (χ2n) is 5.54. The molecular weight excluding hydrogens is 314 g/mol. The van der Waals surface area contributed by atoms with Gasteiger partial charge in [-0.3, -0.25) is 4.79 Å². The lowest BCUT2D eigenvalue weighted by Crippen LogP contribution is -2.42. The van der Waals surface area contributed by atoms with Gasteiger partial charge in [0.05, 0.1) is 12.1 Å². The summed E-state index contributed by atoms with van der Waals surface area (Å²) in [6.45, 7) is 2.84. The van der Waals surface area contributed by atoms with Gasteiger partial charge in [0.2, 0.25) is 5.89 Å². The van der Waals surface area contributed by atoms with Gasteiger partial charge >= 0.3 is 0 Å². The van der Waals surface area contributed by atoms with Crippen molar-refractivity contribution in [1.29, 1.82) is 0 Å². The zero-order valence-corrected chi connectivity index (χ0v) is 13.7. The molecular formula is C16H19N3O3S. The summed E-state index contributed by atoms with van der Waals surface area (Å²) in [6, 6.07) is 7.13. The first kappa shape index (κ1) is 15.9. The minimum absolute atomic E-state index is 0.0498. The minimum atomic E-state index is -0.0955. The molecule has 1 saturated heterocycles. The van der Waals surface area contributed by atoms with Crippen LogP contribution in [0.15, 0.2) is 28.7 Å². The average Bonchev–Trinajstić information content (AvgIpc) is 3.24. The molecule has 1 aliphatic heterocycles. The number of hydrogen-bond acceptors (Lipinski definition) is 5. The van der Waals surface area contributed by atoms with E-state index in [0.717, 1.165) is 31.4 Å². The SMILES string of the molecule is CC[C@H](NC(=O)c1ccc(-c2n[nH]c(=S)o2)cc1)[C@H]1CCCO1. The van der Waals surface area contributed by atoms with Crippen LogP contribution in [0.5, 0.6) is 0 Å². The van der Waals surface area contributed by atoms with Gasteiger partial charge in [-0.2, -0.15) is 0 Å². The van der Waals surface area contributed by atoms with Gasteiger partial charge in [-0.15, -0.1) is 5.10 Å². The van der Waals surface area contributed by atoms with Gasteiger partial charge in [-0.1, -0.05) is 6.92 Å². The van der Waals surface area contributed by atoms with Crippen molar-refractivity contribution in [3.63, 3.8) is 0 Å². The van der Waals surface area contributed by atoms with Crippen LogP contribution in [0.2, 0.25) is 0 Å². The fourth-order valence-electron chi connectivity index (χ4n) is 2.75. The van der Waals surface area contributed by atoms with Crippen molar-refractivity contribution in [2.24, 2.45) is 0 Å². The molecule has 6 nitrogen and oxygen atoms in total. The average molecular weight is 333 g/mol. The molecule has 3 rings (SSSR count). The first-order valence-electron chi connectivity index (χ1n) is 7.76. The number of rotatable bonds is 5. The lowest BCUT2D eigenvalue weighted by Gasteiger charge is -2.22. The van der Waals surface area contributed by atoms with E-state index in [4.69, 9.17) is 21.4 Å². The molecule has 1 aliphatic rings. The van der Waals surface area contributed by atoms with Gasteiger partial charge in [-0.25, -0.2) is 5.10 Å². The number of hydrogen-bond donors (Lipinski definition) is 2. The van der Waals surface area contributed by atoms with Crippen LogP contribution in [0.3, 0.4) is 0 Å². The molecule has 0 radical (unpaired) electrons. The third-order valence-electron chi connectivity index (χ3n) is 4.00. The first-order valence-corrected chi connectivity index (χ1v) is 8.16. The minimum Gasteiger partial charge on any atom is -0.409 e. The van der Waals surface area contributed by atoms with Crippen LogP contribution in [0.25, 0.3) is 11.5 Å². The largest absolute Gasteiger partial charge is 0.409 e. The van der Waals surface area contributed by atoms with Gasteiger partial charge in [-0.05, 0) is 55.7 Å². The Morgan fingerprint density at radius 2 is 2.26 bits per heavy atom. The highest BCUT2D eigenvalue weighted by atomic mass is 32.1. The number of amides is 1. The molecule has 1 fully saturated rings. The fourth-order valence-corrected chi connectivity index (χ4v) is 2.87. The van der Waals surface area contributed by atoms with E-state index in [-0.39, 0.29) is 22.9 Å². The van der Waals surface area contributed by atoms with Gasteiger partial charge in [0.15, 0.2) is 0 Å². The number of carbonyl (C=O) groups excluding carboxylic acids is 1. The van der Waals surface area contributed by atoms with Crippen LogP contribution in [-0.2, 0) is 4.74 Å². The van der Waals surface area contributed by atoms with Gasteiger partial charge < -0.3 is 14.5 Å². The Bertz CT molecular complexity index is 717. The molecule has 2 N–H and O–H groups in total. The molecule has 2 aromatic rings. The van der Waals surface area contributed by atoms with Crippen LogP contribution in [0.4, 0.5) is 0 Å².